The molecule has 0 fully saturated rings. The summed E-state index contributed by atoms with van der Waals surface area (Å²) < 4.78 is 12.6. The molecule has 0 bridgehead atoms. The van der Waals surface area contributed by atoms with Gasteiger partial charge in [0, 0.05) is 21.5 Å². The van der Waals surface area contributed by atoms with E-state index in [4.69, 9.17) is 9.47 Å². The molecule has 0 heterocycles. The molecule has 0 N–H and O–H groups in total. The molecular formula is C24H30O2. The lowest BCUT2D eigenvalue weighted by molar-refractivity contribution is 0.311. The van der Waals surface area contributed by atoms with E-state index >= 15 is 0 Å². The van der Waals surface area contributed by atoms with Gasteiger partial charge in [0.2, 0.25) is 0 Å². The predicted octanol–water partition coefficient (Wildman–Crippen LogP) is 6.91. The van der Waals surface area contributed by atoms with Crippen molar-refractivity contribution in [1.29, 1.82) is 0 Å². The Morgan fingerprint density at radius 3 is 1.73 bits per heavy atom. The molecule has 0 spiro atoms. The average molecular weight is 351 g/mol. The zero-order valence-corrected chi connectivity index (χ0v) is 16.3. The zero-order chi connectivity index (χ0) is 18.4. The fraction of sp³-hybridized carbons (Fsp3) is 0.417. The highest BCUT2D eigenvalue weighted by Gasteiger charge is 2.16. The molecule has 0 saturated carbocycles. The number of unbranched alkanes of at least 4 members (excludes halogenated alkanes) is 2. The van der Waals surface area contributed by atoms with Crippen LogP contribution in [0.1, 0.15) is 52.0 Å². The van der Waals surface area contributed by atoms with Gasteiger partial charge in [-0.15, -0.1) is 0 Å². The molecule has 26 heavy (non-hydrogen) atoms. The lowest BCUT2D eigenvalue weighted by atomic mass is 9.98. The molecule has 3 rings (SSSR count). The van der Waals surface area contributed by atoms with Crippen LogP contribution in [0.5, 0.6) is 11.5 Å². The fourth-order valence-electron chi connectivity index (χ4n) is 3.31. The Morgan fingerprint density at radius 1 is 0.654 bits per heavy atom. The van der Waals surface area contributed by atoms with Gasteiger partial charge >= 0.3 is 0 Å². The number of hydrogen-bond acceptors (Lipinski definition) is 2. The van der Waals surface area contributed by atoms with Crippen LogP contribution in [0.15, 0.2) is 42.5 Å². The number of fused-ring (bicyclic) bond motifs is 2. The van der Waals surface area contributed by atoms with Crippen molar-refractivity contribution in [1.82, 2.24) is 0 Å². The van der Waals surface area contributed by atoms with Crippen molar-refractivity contribution in [2.75, 3.05) is 13.2 Å². The summed E-state index contributed by atoms with van der Waals surface area (Å²) in [6.45, 7) is 8.08. The van der Waals surface area contributed by atoms with Gasteiger partial charge < -0.3 is 9.47 Å². The van der Waals surface area contributed by atoms with E-state index in [9.17, 15) is 0 Å². The fourth-order valence-corrected chi connectivity index (χ4v) is 3.31. The zero-order valence-electron chi connectivity index (χ0n) is 16.3. The smallest absolute Gasteiger partial charge is 0.135 e. The number of hydrogen-bond donors (Lipinski definition) is 0. The van der Waals surface area contributed by atoms with Crippen molar-refractivity contribution in [3.05, 3.63) is 48.0 Å². The number of rotatable bonds is 9. The van der Waals surface area contributed by atoms with Gasteiger partial charge in [0.25, 0.3) is 0 Å². The first kappa shape index (κ1) is 18.6. The van der Waals surface area contributed by atoms with Crippen molar-refractivity contribution in [2.24, 2.45) is 0 Å². The summed E-state index contributed by atoms with van der Waals surface area (Å²) in [6.07, 6.45) is 5.42. The van der Waals surface area contributed by atoms with Crippen LogP contribution in [0, 0.1) is 0 Å². The summed E-state index contributed by atoms with van der Waals surface area (Å²) in [5.41, 5.74) is 1.33. The molecule has 138 valence electrons. The molecular weight excluding hydrogens is 320 g/mol. The second-order valence-electron chi connectivity index (χ2n) is 6.84. The van der Waals surface area contributed by atoms with E-state index in [1.54, 1.807) is 0 Å². The van der Waals surface area contributed by atoms with Gasteiger partial charge in [0.05, 0.1) is 13.2 Å². The maximum atomic E-state index is 6.30. The summed E-state index contributed by atoms with van der Waals surface area (Å²) in [4.78, 5) is 0. The molecule has 0 unspecified atom stereocenters. The van der Waals surface area contributed by atoms with Crippen LogP contribution in [0.3, 0.4) is 0 Å². The maximum Gasteiger partial charge on any atom is 0.135 e. The minimum atomic E-state index is 0.751. The Morgan fingerprint density at radius 2 is 1.19 bits per heavy atom. The Hall–Kier alpha value is -2.22. The second-order valence-corrected chi connectivity index (χ2v) is 6.84. The van der Waals surface area contributed by atoms with E-state index in [0.717, 1.165) is 73.0 Å². The van der Waals surface area contributed by atoms with Crippen LogP contribution in [0.4, 0.5) is 0 Å². The van der Waals surface area contributed by atoms with Crippen LogP contribution < -0.4 is 9.47 Å². The molecule has 0 saturated heterocycles. The Labute approximate surface area is 157 Å². The first-order valence-electron chi connectivity index (χ1n) is 10.0. The molecule has 0 aliphatic rings. The lowest BCUT2D eigenvalue weighted by Gasteiger charge is -2.18. The molecule has 0 aliphatic heterocycles. The summed E-state index contributed by atoms with van der Waals surface area (Å²) in [7, 11) is 0. The molecule has 0 aliphatic carbocycles. The summed E-state index contributed by atoms with van der Waals surface area (Å²) in [5, 5.41) is 4.62. The van der Waals surface area contributed by atoms with Crippen molar-refractivity contribution >= 4 is 21.5 Å². The van der Waals surface area contributed by atoms with Crippen molar-refractivity contribution in [3.63, 3.8) is 0 Å². The molecule has 0 aromatic heterocycles. The van der Waals surface area contributed by atoms with Crippen LogP contribution in [0.25, 0.3) is 21.5 Å². The number of benzene rings is 3. The third kappa shape index (κ3) is 3.80. The first-order chi connectivity index (χ1) is 12.8. The van der Waals surface area contributed by atoms with Crippen molar-refractivity contribution in [2.45, 2.75) is 52.9 Å². The van der Waals surface area contributed by atoms with Gasteiger partial charge in [-0.1, -0.05) is 70.0 Å². The van der Waals surface area contributed by atoms with E-state index < -0.39 is 0 Å². The molecule has 3 aromatic carbocycles. The van der Waals surface area contributed by atoms with Crippen molar-refractivity contribution in [3.8, 4) is 11.5 Å². The number of ether oxygens (including phenoxy) is 2. The van der Waals surface area contributed by atoms with Gasteiger partial charge in [0.1, 0.15) is 11.5 Å². The Kier molecular flexibility index (Phi) is 6.38. The van der Waals surface area contributed by atoms with Crippen LogP contribution in [-0.4, -0.2) is 13.2 Å². The largest absolute Gasteiger partial charge is 0.492 e. The third-order valence-corrected chi connectivity index (χ3v) is 4.89. The normalized spacial score (nSPS) is 11.2. The van der Waals surface area contributed by atoms with Gasteiger partial charge in [-0.25, -0.2) is 0 Å². The highest BCUT2D eigenvalue weighted by Crippen LogP contribution is 2.43. The highest BCUT2D eigenvalue weighted by atomic mass is 16.5. The van der Waals surface area contributed by atoms with E-state index in [1.165, 1.54) is 10.9 Å². The first-order valence-corrected chi connectivity index (χ1v) is 10.0. The van der Waals surface area contributed by atoms with E-state index in [0.29, 0.717) is 0 Å². The maximum absolute atomic E-state index is 6.30. The van der Waals surface area contributed by atoms with Crippen LogP contribution in [0.2, 0.25) is 0 Å². The minimum absolute atomic E-state index is 0.751. The van der Waals surface area contributed by atoms with Crippen LogP contribution >= 0.6 is 0 Å². The van der Waals surface area contributed by atoms with E-state index in [2.05, 4.69) is 63.2 Å². The van der Waals surface area contributed by atoms with E-state index in [1.807, 2.05) is 0 Å². The SMILES string of the molecule is CCCCOc1c2ccccc2c(OCCCC)c2cc(CC)ccc12. The second kappa shape index (κ2) is 8.93. The lowest BCUT2D eigenvalue weighted by Crippen LogP contribution is -2.02. The monoisotopic (exact) mass is 350 g/mol. The van der Waals surface area contributed by atoms with E-state index in [-0.39, 0.29) is 0 Å². The van der Waals surface area contributed by atoms with Crippen LogP contribution in [-0.2, 0) is 6.42 Å². The van der Waals surface area contributed by atoms with Gasteiger partial charge in [0.15, 0.2) is 0 Å². The Balaban J connectivity index is 2.22. The summed E-state index contributed by atoms with van der Waals surface area (Å²) >= 11 is 0. The topological polar surface area (TPSA) is 18.5 Å². The van der Waals surface area contributed by atoms with Crippen molar-refractivity contribution < 1.29 is 9.47 Å². The molecule has 3 aromatic rings. The predicted molar refractivity (Wildman–Crippen MR) is 112 cm³/mol. The Bertz CT molecular complexity index is 867. The standard InChI is InChI=1S/C24H30O2/c1-4-7-15-25-23-19-11-9-10-12-20(19)24(26-16-8-5-2)22-17-18(6-3)13-14-21(22)23/h9-14,17H,4-8,15-16H2,1-3H3. The molecule has 0 radical (unpaired) electrons. The molecule has 2 nitrogen and oxygen atoms in total. The summed E-state index contributed by atoms with van der Waals surface area (Å²) in [6, 6.07) is 15.2. The van der Waals surface area contributed by atoms with Gasteiger partial charge in [-0.3, -0.25) is 0 Å². The number of aryl methyl sites for hydroxylation is 1. The highest BCUT2D eigenvalue weighted by molar-refractivity contribution is 6.11. The average Bonchev–Trinajstić information content (AvgIpc) is 2.69. The molecule has 2 heteroatoms. The summed E-state index contributed by atoms with van der Waals surface area (Å²) in [5.74, 6) is 2.00. The van der Waals surface area contributed by atoms with Gasteiger partial charge in [-0.2, -0.15) is 0 Å². The minimum Gasteiger partial charge on any atom is -0.492 e. The third-order valence-electron chi connectivity index (χ3n) is 4.89. The molecule has 0 amide bonds. The van der Waals surface area contributed by atoms with Gasteiger partial charge in [-0.05, 0) is 30.9 Å². The quantitative estimate of drug-likeness (QED) is 0.308. The molecule has 0 atom stereocenters.